The summed E-state index contributed by atoms with van der Waals surface area (Å²) < 4.78 is 11.0. The molecule has 27 heavy (non-hydrogen) atoms. The van der Waals surface area contributed by atoms with E-state index in [0.717, 1.165) is 43.0 Å². The van der Waals surface area contributed by atoms with Crippen LogP contribution in [0.15, 0.2) is 18.2 Å². The van der Waals surface area contributed by atoms with E-state index in [9.17, 15) is 9.59 Å². The Bertz CT molecular complexity index is 697. The first kappa shape index (κ1) is 19.5. The number of rotatable bonds is 5. The summed E-state index contributed by atoms with van der Waals surface area (Å²) in [4.78, 5) is 29.7. The maximum absolute atomic E-state index is 13.2. The van der Waals surface area contributed by atoms with Crippen molar-refractivity contribution in [3.05, 3.63) is 23.8 Å². The van der Waals surface area contributed by atoms with Crippen LogP contribution in [0.4, 0.5) is 0 Å². The van der Waals surface area contributed by atoms with Gasteiger partial charge in [-0.25, -0.2) is 0 Å². The van der Waals surface area contributed by atoms with Crippen molar-refractivity contribution < 1.29 is 19.1 Å². The average molecular weight is 374 g/mol. The van der Waals surface area contributed by atoms with E-state index in [1.54, 1.807) is 14.2 Å². The van der Waals surface area contributed by atoms with Gasteiger partial charge in [-0.05, 0) is 31.0 Å². The van der Waals surface area contributed by atoms with E-state index < -0.39 is 0 Å². The second-order valence-electron chi connectivity index (χ2n) is 7.75. The van der Waals surface area contributed by atoms with Gasteiger partial charge in [-0.2, -0.15) is 0 Å². The quantitative estimate of drug-likeness (QED) is 0.795. The van der Waals surface area contributed by atoms with Crippen LogP contribution in [0.1, 0.15) is 38.2 Å². The molecule has 0 aromatic heterocycles. The average Bonchev–Trinajstić information content (AvgIpc) is 3.36. The third-order valence-corrected chi connectivity index (χ3v) is 5.70. The van der Waals surface area contributed by atoms with E-state index >= 15 is 0 Å². The highest BCUT2D eigenvalue weighted by atomic mass is 16.5. The van der Waals surface area contributed by atoms with E-state index in [4.69, 9.17) is 9.47 Å². The van der Waals surface area contributed by atoms with E-state index in [1.165, 1.54) is 0 Å². The number of nitrogens with zero attached hydrogens (tertiary/aromatic N) is 2. The molecule has 0 aliphatic carbocycles. The minimum Gasteiger partial charge on any atom is -0.497 e. The zero-order valence-electron chi connectivity index (χ0n) is 16.7. The van der Waals surface area contributed by atoms with Gasteiger partial charge in [-0.3, -0.25) is 9.59 Å². The molecule has 0 N–H and O–H groups in total. The Hall–Kier alpha value is -2.24. The topological polar surface area (TPSA) is 59.1 Å². The zero-order valence-corrected chi connectivity index (χ0v) is 16.7. The third kappa shape index (κ3) is 3.89. The largest absolute Gasteiger partial charge is 0.497 e. The maximum atomic E-state index is 13.2. The van der Waals surface area contributed by atoms with Crippen molar-refractivity contribution >= 4 is 11.8 Å². The molecular formula is C21H30N2O4. The number of benzene rings is 1. The monoisotopic (exact) mass is 374 g/mol. The lowest BCUT2D eigenvalue weighted by Gasteiger charge is -2.25. The number of methoxy groups -OCH3 is 2. The Kier molecular flexibility index (Phi) is 5.92. The van der Waals surface area contributed by atoms with E-state index in [1.807, 2.05) is 41.8 Å². The first-order valence-corrected chi connectivity index (χ1v) is 9.75. The number of likely N-dealkylation sites (tertiary alicyclic amines) is 2. The van der Waals surface area contributed by atoms with Crippen LogP contribution in [0.2, 0.25) is 0 Å². The van der Waals surface area contributed by atoms with Gasteiger partial charge in [0.2, 0.25) is 11.8 Å². The molecule has 0 spiro atoms. The Balaban J connectivity index is 1.96. The number of carbonyl (C=O) groups is 2. The molecule has 2 atom stereocenters. The van der Waals surface area contributed by atoms with Crippen LogP contribution in [-0.2, 0) is 9.59 Å². The molecular weight excluding hydrogens is 344 g/mol. The van der Waals surface area contributed by atoms with Crippen LogP contribution in [0.25, 0.3) is 0 Å². The summed E-state index contributed by atoms with van der Waals surface area (Å²) >= 11 is 0. The Morgan fingerprint density at radius 1 is 1.04 bits per heavy atom. The van der Waals surface area contributed by atoms with E-state index in [-0.39, 0.29) is 29.6 Å². The highest BCUT2D eigenvalue weighted by Gasteiger charge is 2.43. The lowest BCUT2D eigenvalue weighted by molar-refractivity contribution is -0.135. The summed E-state index contributed by atoms with van der Waals surface area (Å²) in [6.07, 6.45) is 2.11. The Labute approximate surface area is 161 Å². The maximum Gasteiger partial charge on any atom is 0.228 e. The first-order chi connectivity index (χ1) is 13.0. The van der Waals surface area contributed by atoms with Crippen molar-refractivity contribution in [1.29, 1.82) is 0 Å². The van der Waals surface area contributed by atoms with Crippen LogP contribution in [0.5, 0.6) is 11.5 Å². The summed E-state index contributed by atoms with van der Waals surface area (Å²) in [6, 6.07) is 5.67. The van der Waals surface area contributed by atoms with Gasteiger partial charge in [0.1, 0.15) is 11.5 Å². The van der Waals surface area contributed by atoms with Gasteiger partial charge in [-0.15, -0.1) is 0 Å². The standard InChI is InChI=1S/C21H30N2O4/c1-14(2)20(24)23-12-17(16-11-15(26-3)7-8-19(16)27-4)18(13-23)21(25)22-9-5-6-10-22/h7-8,11,14,17-18H,5-6,9-10,12-13H2,1-4H3. The van der Waals surface area contributed by atoms with Gasteiger partial charge in [0.15, 0.2) is 0 Å². The highest BCUT2D eigenvalue weighted by molar-refractivity contribution is 5.84. The van der Waals surface area contributed by atoms with Gasteiger partial charge in [0.25, 0.3) is 0 Å². The Morgan fingerprint density at radius 3 is 2.33 bits per heavy atom. The van der Waals surface area contributed by atoms with E-state index in [0.29, 0.717) is 13.1 Å². The fourth-order valence-corrected chi connectivity index (χ4v) is 4.22. The molecule has 2 unspecified atom stereocenters. The second kappa shape index (κ2) is 8.19. The van der Waals surface area contributed by atoms with E-state index in [2.05, 4.69) is 0 Å². The van der Waals surface area contributed by atoms with Crippen molar-refractivity contribution in [3.63, 3.8) is 0 Å². The van der Waals surface area contributed by atoms with Gasteiger partial charge in [0, 0.05) is 43.6 Å². The van der Waals surface area contributed by atoms with Crippen molar-refractivity contribution in [2.45, 2.75) is 32.6 Å². The predicted molar refractivity (Wildman–Crippen MR) is 103 cm³/mol. The second-order valence-corrected chi connectivity index (χ2v) is 7.75. The number of hydrogen-bond donors (Lipinski definition) is 0. The lowest BCUT2D eigenvalue weighted by Crippen LogP contribution is -2.38. The van der Waals surface area contributed by atoms with Crippen molar-refractivity contribution in [1.82, 2.24) is 9.80 Å². The molecule has 6 heteroatoms. The molecule has 1 aromatic rings. The first-order valence-electron chi connectivity index (χ1n) is 9.75. The highest BCUT2D eigenvalue weighted by Crippen LogP contribution is 2.40. The van der Waals surface area contributed by atoms with Gasteiger partial charge < -0.3 is 19.3 Å². The van der Waals surface area contributed by atoms with Crippen molar-refractivity contribution in [3.8, 4) is 11.5 Å². The number of amides is 2. The molecule has 3 rings (SSSR count). The van der Waals surface area contributed by atoms with Crippen LogP contribution < -0.4 is 9.47 Å². The normalized spacial score (nSPS) is 22.4. The fraction of sp³-hybridized carbons (Fsp3) is 0.619. The number of hydrogen-bond acceptors (Lipinski definition) is 4. The number of ether oxygens (including phenoxy) is 2. The molecule has 2 aliphatic heterocycles. The molecule has 2 amide bonds. The van der Waals surface area contributed by atoms with Crippen LogP contribution in [0.3, 0.4) is 0 Å². The fourth-order valence-electron chi connectivity index (χ4n) is 4.22. The Morgan fingerprint density at radius 2 is 1.74 bits per heavy atom. The van der Waals surface area contributed by atoms with Crippen LogP contribution >= 0.6 is 0 Å². The summed E-state index contributed by atoms with van der Waals surface area (Å²) in [6.45, 7) is 6.44. The van der Waals surface area contributed by atoms with Gasteiger partial charge >= 0.3 is 0 Å². The van der Waals surface area contributed by atoms with Crippen molar-refractivity contribution in [2.24, 2.45) is 11.8 Å². The molecule has 0 bridgehead atoms. The summed E-state index contributed by atoms with van der Waals surface area (Å²) in [5, 5.41) is 0. The molecule has 2 heterocycles. The van der Waals surface area contributed by atoms with Crippen LogP contribution in [-0.4, -0.2) is 62.0 Å². The lowest BCUT2D eigenvalue weighted by atomic mass is 9.87. The molecule has 2 fully saturated rings. The zero-order chi connectivity index (χ0) is 19.6. The molecule has 2 saturated heterocycles. The predicted octanol–water partition coefficient (Wildman–Crippen LogP) is 2.52. The third-order valence-electron chi connectivity index (χ3n) is 5.70. The minimum absolute atomic E-state index is 0.0847. The summed E-state index contributed by atoms with van der Waals surface area (Å²) in [5.41, 5.74) is 0.938. The molecule has 2 aliphatic rings. The minimum atomic E-state index is -0.244. The number of carbonyl (C=O) groups excluding carboxylic acids is 2. The van der Waals surface area contributed by atoms with Gasteiger partial charge in [0.05, 0.1) is 20.1 Å². The van der Waals surface area contributed by atoms with Crippen LogP contribution in [0, 0.1) is 11.8 Å². The molecule has 148 valence electrons. The van der Waals surface area contributed by atoms with Gasteiger partial charge in [-0.1, -0.05) is 13.8 Å². The molecule has 6 nitrogen and oxygen atoms in total. The smallest absolute Gasteiger partial charge is 0.228 e. The molecule has 0 radical (unpaired) electrons. The molecule has 0 saturated carbocycles. The SMILES string of the molecule is COc1ccc(OC)c(C2CN(C(=O)C(C)C)CC2C(=O)N2CCCC2)c1. The van der Waals surface area contributed by atoms with Crippen molar-refractivity contribution in [2.75, 3.05) is 40.4 Å². The molecule has 1 aromatic carbocycles. The summed E-state index contributed by atoms with van der Waals surface area (Å²) in [7, 11) is 3.26. The summed E-state index contributed by atoms with van der Waals surface area (Å²) in [5.74, 6) is 1.29.